The van der Waals surface area contributed by atoms with Gasteiger partial charge in [0.25, 0.3) is 0 Å². The molecule has 0 amide bonds. The van der Waals surface area contributed by atoms with E-state index in [4.69, 9.17) is 9.98 Å². The molecule has 13 rings (SSSR count). The molecule has 5 nitrogen and oxygen atoms in total. The normalized spacial score (nSPS) is 15.9. The molecule has 1 atom stereocenters. The van der Waals surface area contributed by atoms with E-state index in [1.54, 1.807) is 0 Å². The molecule has 0 saturated heterocycles. The van der Waals surface area contributed by atoms with Gasteiger partial charge in [0, 0.05) is 71.0 Å². The van der Waals surface area contributed by atoms with Crippen molar-refractivity contribution in [2.45, 2.75) is 25.6 Å². The molecule has 0 radical (unpaired) electrons. The maximum absolute atomic E-state index is 5.60. The Balaban J connectivity index is 1.03. The fraction of sp³-hybridized carbons (Fsp3) is 0.0909. The van der Waals surface area contributed by atoms with Crippen LogP contribution in [0.2, 0.25) is 0 Å². The first-order chi connectivity index (χ1) is 29.9. The van der Waals surface area contributed by atoms with Gasteiger partial charge in [-0.2, -0.15) is 0 Å². The van der Waals surface area contributed by atoms with E-state index < -0.39 is 6.29 Å². The number of hydrogen-bond acceptors (Lipinski definition) is 4. The van der Waals surface area contributed by atoms with Crippen molar-refractivity contribution >= 4 is 86.8 Å². The number of thiophene rings is 1. The molecule has 0 fully saturated rings. The van der Waals surface area contributed by atoms with E-state index >= 15 is 0 Å². The summed E-state index contributed by atoms with van der Waals surface area (Å²) in [4.78, 5) is 13.3. The van der Waals surface area contributed by atoms with Gasteiger partial charge in [0.2, 0.25) is 6.29 Å². The Bertz CT molecular complexity index is 3670. The van der Waals surface area contributed by atoms with Crippen LogP contribution in [0.25, 0.3) is 80.6 Å². The number of fused-ring (bicyclic) bond motifs is 12. The Hall–Kier alpha value is -7.28. The van der Waals surface area contributed by atoms with Gasteiger partial charge in [0.1, 0.15) is 5.84 Å². The lowest BCUT2D eigenvalue weighted by Gasteiger charge is -2.34. The summed E-state index contributed by atoms with van der Waals surface area (Å²) in [6.45, 7) is 4.72. The zero-order chi connectivity index (χ0) is 40.6. The minimum atomic E-state index is -0.395. The van der Waals surface area contributed by atoms with Gasteiger partial charge in [-0.05, 0) is 76.9 Å². The highest BCUT2D eigenvalue weighted by Gasteiger charge is 2.36. The maximum Gasteiger partial charge on any atom is 0.206 e. The van der Waals surface area contributed by atoms with E-state index in [9.17, 15) is 0 Å². The SMILES string of the molecule is CN1C(c2ccc3c(c2)sc2ccccc23)=NC(c2cccc(-n3c4ccccc4c4cc5c(cc43)C(C)(C)c3ccccc3-5)c2)=NC1n1c2ccccc2c2ccccc21. The molecule has 290 valence electrons. The lowest BCUT2D eigenvalue weighted by molar-refractivity contribution is 0.297. The maximum atomic E-state index is 5.60. The molecule has 2 aliphatic rings. The molecule has 0 bridgehead atoms. The standard InChI is InChI=1S/C55H39N5S/c1-55(2)44-22-9-4-17-36(44)42-31-43-39-20-7-10-23-46(39)59(49(43)32-45(42)55)35-16-14-15-33(29-35)52-56-53(34-27-28-41-40-21-8-13-26-50(40)61-51(41)30-34)58(3)54(57-52)60-47-24-11-5-18-37(47)38-19-6-12-25-48(38)60/h4-32,54H,1-3H3. The van der Waals surface area contributed by atoms with Crippen molar-refractivity contribution in [2.75, 3.05) is 7.05 Å². The van der Waals surface area contributed by atoms with Crippen LogP contribution < -0.4 is 0 Å². The average molecular weight is 802 g/mol. The van der Waals surface area contributed by atoms with Crippen LogP contribution in [0.15, 0.2) is 186 Å². The summed E-state index contributed by atoms with van der Waals surface area (Å²) in [5, 5.41) is 7.49. The van der Waals surface area contributed by atoms with E-state index in [1.165, 1.54) is 75.0 Å². The van der Waals surface area contributed by atoms with Gasteiger partial charge < -0.3 is 14.0 Å². The second-order valence-electron chi connectivity index (χ2n) is 17.0. The van der Waals surface area contributed by atoms with Crippen molar-refractivity contribution in [1.82, 2.24) is 14.0 Å². The molecule has 1 unspecified atom stereocenters. The number of amidine groups is 2. The molecule has 0 saturated carbocycles. The van der Waals surface area contributed by atoms with Crippen LogP contribution in [0, 0.1) is 0 Å². The molecule has 11 aromatic rings. The van der Waals surface area contributed by atoms with Crippen molar-refractivity contribution in [3.63, 3.8) is 0 Å². The summed E-state index contributed by atoms with van der Waals surface area (Å²) in [5.41, 5.74) is 13.1. The number of rotatable bonds is 4. The van der Waals surface area contributed by atoms with Crippen molar-refractivity contribution in [3.8, 4) is 16.8 Å². The summed E-state index contributed by atoms with van der Waals surface area (Å²) < 4.78 is 7.36. The van der Waals surface area contributed by atoms with E-state index in [0.29, 0.717) is 5.84 Å². The van der Waals surface area contributed by atoms with Crippen LogP contribution in [0.4, 0.5) is 0 Å². The third-order valence-electron chi connectivity index (χ3n) is 13.4. The predicted molar refractivity (Wildman–Crippen MR) is 257 cm³/mol. The van der Waals surface area contributed by atoms with Crippen LogP contribution in [-0.4, -0.2) is 32.8 Å². The molecule has 1 aliphatic heterocycles. The lowest BCUT2D eigenvalue weighted by atomic mass is 9.82. The van der Waals surface area contributed by atoms with Gasteiger partial charge in [-0.3, -0.25) is 0 Å². The highest BCUT2D eigenvalue weighted by Crippen LogP contribution is 2.51. The predicted octanol–water partition coefficient (Wildman–Crippen LogP) is 13.9. The van der Waals surface area contributed by atoms with Gasteiger partial charge in [-0.15, -0.1) is 11.3 Å². The zero-order valence-corrected chi connectivity index (χ0v) is 34.8. The average Bonchev–Trinajstić information content (AvgIpc) is 4.01. The van der Waals surface area contributed by atoms with Crippen molar-refractivity contribution < 1.29 is 0 Å². The van der Waals surface area contributed by atoms with Crippen LogP contribution in [0.1, 0.15) is 42.4 Å². The summed E-state index contributed by atoms with van der Waals surface area (Å²) in [6, 6.07) is 64.3. The number of hydrogen-bond donors (Lipinski definition) is 0. The van der Waals surface area contributed by atoms with E-state index in [-0.39, 0.29) is 5.41 Å². The highest BCUT2D eigenvalue weighted by atomic mass is 32.1. The summed E-state index contributed by atoms with van der Waals surface area (Å²) in [7, 11) is 2.13. The first kappa shape index (κ1) is 34.6. The quantitative estimate of drug-likeness (QED) is 0.175. The number of benzene rings is 8. The monoisotopic (exact) mass is 801 g/mol. The van der Waals surface area contributed by atoms with Crippen LogP contribution in [-0.2, 0) is 5.41 Å². The zero-order valence-electron chi connectivity index (χ0n) is 34.0. The van der Waals surface area contributed by atoms with E-state index in [0.717, 1.165) is 33.7 Å². The topological polar surface area (TPSA) is 37.8 Å². The second-order valence-corrected chi connectivity index (χ2v) is 18.1. The fourth-order valence-electron chi connectivity index (χ4n) is 10.4. The van der Waals surface area contributed by atoms with Crippen molar-refractivity contribution in [2.24, 2.45) is 9.98 Å². The van der Waals surface area contributed by atoms with E-state index in [2.05, 4.69) is 211 Å². The smallest absolute Gasteiger partial charge is 0.206 e. The lowest BCUT2D eigenvalue weighted by Crippen LogP contribution is -2.38. The Labute approximate surface area is 356 Å². The third-order valence-corrected chi connectivity index (χ3v) is 14.5. The number of nitrogens with zero attached hydrogens (tertiary/aromatic N) is 5. The Kier molecular flexibility index (Phi) is 7.15. The van der Waals surface area contributed by atoms with Gasteiger partial charge in [-0.1, -0.05) is 135 Å². The van der Waals surface area contributed by atoms with Gasteiger partial charge in [0.05, 0.1) is 22.1 Å². The Morgan fingerprint density at radius 1 is 0.492 bits per heavy atom. The van der Waals surface area contributed by atoms with Crippen LogP contribution >= 0.6 is 11.3 Å². The van der Waals surface area contributed by atoms with Gasteiger partial charge in [0.15, 0.2) is 5.84 Å². The van der Waals surface area contributed by atoms with Crippen LogP contribution in [0.5, 0.6) is 0 Å². The Morgan fingerprint density at radius 3 is 1.93 bits per heavy atom. The molecule has 1 aliphatic carbocycles. The third kappa shape index (κ3) is 4.88. The number of para-hydroxylation sites is 3. The number of aliphatic imine (C=N–C) groups is 2. The molecule has 6 heteroatoms. The summed E-state index contributed by atoms with van der Waals surface area (Å²) in [6.07, 6.45) is -0.395. The van der Waals surface area contributed by atoms with Crippen LogP contribution in [0.3, 0.4) is 0 Å². The minimum Gasteiger partial charge on any atom is -0.320 e. The summed E-state index contributed by atoms with van der Waals surface area (Å²) in [5.74, 6) is 1.59. The minimum absolute atomic E-state index is 0.113. The molecule has 4 heterocycles. The molecule has 0 N–H and O–H groups in total. The molecule has 61 heavy (non-hydrogen) atoms. The Morgan fingerprint density at radius 2 is 1.15 bits per heavy atom. The van der Waals surface area contributed by atoms with Crippen molar-refractivity contribution in [1.29, 1.82) is 0 Å². The first-order valence-electron chi connectivity index (χ1n) is 21.0. The first-order valence-corrected chi connectivity index (χ1v) is 21.8. The van der Waals surface area contributed by atoms with Crippen molar-refractivity contribution in [3.05, 3.63) is 198 Å². The summed E-state index contributed by atoms with van der Waals surface area (Å²) >= 11 is 1.83. The largest absolute Gasteiger partial charge is 0.320 e. The molecule has 3 aromatic heterocycles. The molecular weight excluding hydrogens is 763 g/mol. The molecular formula is C55H39N5S. The molecule has 8 aromatic carbocycles. The fourth-order valence-corrected chi connectivity index (χ4v) is 11.6. The molecule has 0 spiro atoms. The highest BCUT2D eigenvalue weighted by molar-refractivity contribution is 7.25. The van der Waals surface area contributed by atoms with Gasteiger partial charge >= 0.3 is 0 Å². The number of aromatic nitrogens is 2. The van der Waals surface area contributed by atoms with E-state index in [1.807, 2.05) is 11.3 Å². The second kappa shape index (κ2) is 12.6. The van der Waals surface area contributed by atoms with Gasteiger partial charge in [-0.25, -0.2) is 9.98 Å².